The highest BCUT2D eigenvalue weighted by atomic mass is 35.5. The Morgan fingerprint density at radius 3 is 2.65 bits per heavy atom. The second-order valence-electron chi connectivity index (χ2n) is 7.91. The van der Waals surface area contributed by atoms with Gasteiger partial charge in [-0.1, -0.05) is 60.7 Å². The largest absolute Gasteiger partial charge is 0.461 e. The Hall–Kier alpha value is -2.66. The second-order valence-corrected chi connectivity index (χ2v) is 8.18. The molecule has 2 unspecified atom stereocenters. The van der Waals surface area contributed by atoms with Crippen molar-refractivity contribution in [1.29, 1.82) is 0 Å². The maximum Gasteiger partial charge on any atom is 0.309 e. The van der Waals surface area contributed by atoms with Gasteiger partial charge in [0, 0.05) is 18.6 Å². The molecule has 3 rings (SSSR count). The van der Waals surface area contributed by atoms with Crippen molar-refractivity contribution >= 4 is 17.6 Å². The fraction of sp³-hybridized carbons (Fsp3) is 0.400. The van der Waals surface area contributed by atoms with E-state index in [0.29, 0.717) is 5.88 Å². The number of benzene rings is 2. The summed E-state index contributed by atoms with van der Waals surface area (Å²) < 4.78 is 7.47. The summed E-state index contributed by atoms with van der Waals surface area (Å²) >= 11 is 6.15. The molecular weight excluding hydrogens is 410 g/mol. The Bertz CT molecular complexity index is 987. The lowest BCUT2D eigenvalue weighted by Gasteiger charge is -2.24. The summed E-state index contributed by atoms with van der Waals surface area (Å²) in [6.07, 6.45) is 3.48. The quantitative estimate of drug-likeness (QED) is 0.311. The first kappa shape index (κ1) is 23.0. The van der Waals surface area contributed by atoms with Crippen molar-refractivity contribution in [3.8, 4) is 0 Å². The number of esters is 1. The van der Waals surface area contributed by atoms with Crippen LogP contribution in [0, 0.1) is 12.8 Å². The third-order valence-corrected chi connectivity index (χ3v) is 6.05. The van der Waals surface area contributed by atoms with E-state index < -0.39 is 0 Å². The molecule has 6 heteroatoms. The predicted molar refractivity (Wildman–Crippen MR) is 123 cm³/mol. The monoisotopic (exact) mass is 439 g/mol. The molecule has 0 saturated carbocycles. The van der Waals surface area contributed by atoms with E-state index >= 15 is 0 Å². The minimum atomic E-state index is -0.296. The molecule has 0 fully saturated rings. The molecule has 0 aliphatic carbocycles. The lowest BCUT2D eigenvalue weighted by atomic mass is 9.82. The number of ether oxygens (including phenoxy) is 1. The molecule has 31 heavy (non-hydrogen) atoms. The number of halogens is 1. The van der Waals surface area contributed by atoms with Gasteiger partial charge in [0.05, 0.1) is 11.6 Å². The Balaban J connectivity index is 1.77. The number of rotatable bonds is 10. The summed E-state index contributed by atoms with van der Waals surface area (Å²) in [5, 5.41) is 8.38. The number of nitrogens with zero attached hydrogens (tertiary/aromatic N) is 3. The Morgan fingerprint density at radius 1 is 1.19 bits per heavy atom. The summed E-state index contributed by atoms with van der Waals surface area (Å²) in [5.74, 6) is -0.0446. The van der Waals surface area contributed by atoms with Crippen LogP contribution in [-0.2, 0) is 35.0 Å². The van der Waals surface area contributed by atoms with Gasteiger partial charge in [-0.05, 0) is 54.9 Å². The fourth-order valence-electron chi connectivity index (χ4n) is 3.71. The normalized spacial score (nSPS) is 13.0. The van der Waals surface area contributed by atoms with Crippen molar-refractivity contribution < 1.29 is 9.53 Å². The van der Waals surface area contributed by atoms with Gasteiger partial charge >= 0.3 is 5.97 Å². The van der Waals surface area contributed by atoms with Crippen LogP contribution in [0.1, 0.15) is 54.1 Å². The molecular formula is C25H30ClN3O2. The molecule has 1 heterocycles. The van der Waals surface area contributed by atoms with E-state index in [1.165, 1.54) is 0 Å². The number of aryl methyl sites for hydroxylation is 3. The minimum Gasteiger partial charge on any atom is -0.461 e. The molecule has 0 amide bonds. The maximum atomic E-state index is 12.9. The topological polar surface area (TPSA) is 57.0 Å². The zero-order valence-electron chi connectivity index (χ0n) is 18.4. The first-order chi connectivity index (χ1) is 15.0. The van der Waals surface area contributed by atoms with Crippen LogP contribution in [0.3, 0.4) is 0 Å². The van der Waals surface area contributed by atoms with Gasteiger partial charge in [0.15, 0.2) is 0 Å². The van der Waals surface area contributed by atoms with Crippen LogP contribution in [0.5, 0.6) is 0 Å². The molecule has 0 aliphatic rings. The third-order valence-electron chi connectivity index (χ3n) is 5.77. The number of aromatic nitrogens is 3. The molecule has 0 bridgehead atoms. The molecule has 164 valence electrons. The zero-order chi connectivity index (χ0) is 22.2. The molecule has 0 aliphatic heterocycles. The van der Waals surface area contributed by atoms with E-state index in [2.05, 4.69) is 35.4 Å². The number of carbonyl (C=O) groups excluding carboxylic acids is 1. The average Bonchev–Trinajstić information content (AvgIpc) is 3.27. The second kappa shape index (κ2) is 11.1. The molecule has 0 spiro atoms. The Labute approximate surface area is 189 Å². The first-order valence-electron chi connectivity index (χ1n) is 10.8. The van der Waals surface area contributed by atoms with Gasteiger partial charge in [0.2, 0.25) is 0 Å². The van der Waals surface area contributed by atoms with Crippen LogP contribution in [0.2, 0.25) is 0 Å². The van der Waals surface area contributed by atoms with Crippen molar-refractivity contribution in [1.82, 2.24) is 15.0 Å². The van der Waals surface area contributed by atoms with Crippen molar-refractivity contribution in [2.75, 3.05) is 0 Å². The van der Waals surface area contributed by atoms with Crippen LogP contribution in [0.4, 0.5) is 0 Å². The molecule has 5 nitrogen and oxygen atoms in total. The SMILES string of the molecule is CCn1cc(CCC(c2ccc(C)c(CCl)c2)C(C)C(=O)OCc2ccccc2)nn1. The molecule has 0 saturated heterocycles. The van der Waals surface area contributed by atoms with Crippen LogP contribution in [0.15, 0.2) is 54.7 Å². The Morgan fingerprint density at radius 2 is 1.97 bits per heavy atom. The molecule has 2 atom stereocenters. The van der Waals surface area contributed by atoms with Crippen molar-refractivity contribution in [3.63, 3.8) is 0 Å². The van der Waals surface area contributed by atoms with Crippen molar-refractivity contribution in [3.05, 3.63) is 82.7 Å². The van der Waals surface area contributed by atoms with Gasteiger partial charge in [0.25, 0.3) is 0 Å². The van der Waals surface area contributed by atoms with Crippen LogP contribution < -0.4 is 0 Å². The number of alkyl halides is 1. The minimum absolute atomic E-state index is 0.00221. The van der Waals surface area contributed by atoms with Gasteiger partial charge < -0.3 is 4.74 Å². The molecule has 1 aromatic heterocycles. The van der Waals surface area contributed by atoms with Gasteiger partial charge in [-0.15, -0.1) is 16.7 Å². The summed E-state index contributed by atoms with van der Waals surface area (Å²) in [7, 11) is 0. The lowest BCUT2D eigenvalue weighted by molar-refractivity contribution is -0.150. The highest BCUT2D eigenvalue weighted by Crippen LogP contribution is 2.32. The van der Waals surface area contributed by atoms with Crippen molar-refractivity contribution in [2.45, 2.75) is 58.6 Å². The summed E-state index contributed by atoms with van der Waals surface area (Å²) in [5.41, 5.74) is 5.26. The highest BCUT2D eigenvalue weighted by molar-refractivity contribution is 6.17. The highest BCUT2D eigenvalue weighted by Gasteiger charge is 2.27. The standard InChI is InChI=1S/C25H30ClN3O2/c1-4-29-16-23(27-28-29)12-13-24(21-11-10-18(2)22(14-21)15-26)19(3)25(30)31-17-20-8-6-5-7-9-20/h5-11,14,16,19,24H,4,12-13,15,17H2,1-3H3. The number of hydrogen-bond acceptors (Lipinski definition) is 4. The van der Waals surface area contributed by atoms with E-state index in [-0.39, 0.29) is 24.4 Å². The van der Waals surface area contributed by atoms with Gasteiger partial charge in [0.1, 0.15) is 6.61 Å². The summed E-state index contributed by atoms with van der Waals surface area (Å²) in [6, 6.07) is 16.0. The van der Waals surface area contributed by atoms with E-state index in [9.17, 15) is 4.79 Å². The molecule has 2 aromatic carbocycles. The predicted octanol–water partition coefficient (Wildman–Crippen LogP) is 5.44. The van der Waals surface area contributed by atoms with E-state index in [0.717, 1.165) is 47.3 Å². The number of hydrogen-bond donors (Lipinski definition) is 0. The van der Waals surface area contributed by atoms with Crippen LogP contribution in [-0.4, -0.2) is 21.0 Å². The summed E-state index contributed by atoms with van der Waals surface area (Å²) in [6.45, 7) is 7.10. The fourth-order valence-corrected chi connectivity index (χ4v) is 3.99. The molecule has 3 aromatic rings. The third kappa shape index (κ3) is 6.17. The van der Waals surface area contributed by atoms with Gasteiger partial charge in [-0.25, -0.2) is 0 Å². The summed E-state index contributed by atoms with van der Waals surface area (Å²) in [4.78, 5) is 12.9. The smallest absolute Gasteiger partial charge is 0.309 e. The van der Waals surface area contributed by atoms with E-state index in [4.69, 9.17) is 16.3 Å². The molecule has 0 radical (unpaired) electrons. The van der Waals surface area contributed by atoms with Gasteiger partial charge in [-0.3, -0.25) is 9.48 Å². The average molecular weight is 440 g/mol. The Kier molecular flexibility index (Phi) is 8.24. The maximum absolute atomic E-state index is 12.9. The van der Waals surface area contributed by atoms with E-state index in [1.807, 2.05) is 55.1 Å². The van der Waals surface area contributed by atoms with Gasteiger partial charge in [-0.2, -0.15) is 0 Å². The number of carbonyl (C=O) groups is 1. The van der Waals surface area contributed by atoms with E-state index in [1.54, 1.807) is 0 Å². The van der Waals surface area contributed by atoms with Crippen LogP contribution in [0.25, 0.3) is 0 Å². The zero-order valence-corrected chi connectivity index (χ0v) is 19.2. The first-order valence-corrected chi connectivity index (χ1v) is 11.3. The lowest BCUT2D eigenvalue weighted by Crippen LogP contribution is -2.23. The van der Waals surface area contributed by atoms with Crippen molar-refractivity contribution in [2.24, 2.45) is 5.92 Å². The van der Waals surface area contributed by atoms with Crippen LogP contribution >= 0.6 is 11.6 Å². The molecule has 0 N–H and O–H groups in total.